The molecule has 0 aliphatic heterocycles. The first-order chi connectivity index (χ1) is 11.6. The summed E-state index contributed by atoms with van der Waals surface area (Å²) in [5.74, 6) is 1.25. The monoisotopic (exact) mass is 327 g/mol. The van der Waals surface area contributed by atoms with Crippen LogP contribution in [0.3, 0.4) is 0 Å². The molecular weight excluding hydrogens is 302 g/mol. The van der Waals surface area contributed by atoms with Crippen LogP contribution < -0.4 is 15.4 Å². The lowest BCUT2D eigenvalue weighted by atomic mass is 10.1. The number of carbonyl (C=O) groups is 1. The topological polar surface area (TPSA) is 63.2 Å². The van der Waals surface area contributed by atoms with E-state index in [-0.39, 0.29) is 5.91 Å². The number of amides is 1. The molecule has 1 aromatic heterocycles. The number of pyridine rings is 1. The van der Waals surface area contributed by atoms with E-state index in [0.29, 0.717) is 24.8 Å². The van der Waals surface area contributed by atoms with Crippen LogP contribution in [0.25, 0.3) is 0 Å². The largest absolute Gasteiger partial charge is 0.494 e. The Morgan fingerprint density at radius 1 is 1.17 bits per heavy atom. The first kappa shape index (κ1) is 17.8. The van der Waals surface area contributed by atoms with E-state index in [1.54, 1.807) is 12.3 Å². The molecule has 1 amide bonds. The molecular formula is C19H25N3O2. The van der Waals surface area contributed by atoms with Crippen molar-refractivity contribution in [2.45, 2.75) is 27.2 Å². The zero-order valence-corrected chi connectivity index (χ0v) is 14.5. The number of benzene rings is 1. The van der Waals surface area contributed by atoms with Crippen molar-refractivity contribution in [2.75, 3.05) is 18.5 Å². The summed E-state index contributed by atoms with van der Waals surface area (Å²) in [6, 6.07) is 11.3. The third kappa shape index (κ3) is 5.57. The molecule has 128 valence electrons. The molecule has 0 atom stereocenters. The van der Waals surface area contributed by atoms with Gasteiger partial charge in [0.15, 0.2) is 0 Å². The van der Waals surface area contributed by atoms with Crippen LogP contribution >= 0.6 is 0 Å². The average molecular weight is 327 g/mol. The second-order valence-electron chi connectivity index (χ2n) is 5.95. The molecule has 1 aromatic carbocycles. The molecule has 5 nitrogen and oxygen atoms in total. The summed E-state index contributed by atoms with van der Waals surface area (Å²) >= 11 is 0. The molecule has 2 rings (SSSR count). The van der Waals surface area contributed by atoms with E-state index in [0.717, 1.165) is 23.5 Å². The number of rotatable bonds is 8. The van der Waals surface area contributed by atoms with Crippen molar-refractivity contribution in [1.29, 1.82) is 0 Å². The number of carbonyl (C=O) groups excluding carboxylic acids is 1. The first-order valence-electron chi connectivity index (χ1n) is 8.32. The van der Waals surface area contributed by atoms with Gasteiger partial charge in [0, 0.05) is 24.1 Å². The smallest absolute Gasteiger partial charge is 0.269 e. The molecule has 0 aliphatic rings. The second kappa shape index (κ2) is 8.91. The summed E-state index contributed by atoms with van der Waals surface area (Å²) in [5.41, 5.74) is 2.16. The van der Waals surface area contributed by atoms with Gasteiger partial charge >= 0.3 is 0 Å². The highest BCUT2D eigenvalue weighted by Crippen LogP contribution is 2.20. The van der Waals surface area contributed by atoms with Gasteiger partial charge in [-0.2, -0.15) is 0 Å². The number of hydrogen-bond donors (Lipinski definition) is 2. The van der Waals surface area contributed by atoms with Gasteiger partial charge < -0.3 is 15.4 Å². The lowest BCUT2D eigenvalue weighted by Gasteiger charge is -2.10. The van der Waals surface area contributed by atoms with Crippen molar-refractivity contribution in [3.63, 3.8) is 0 Å². The normalized spacial score (nSPS) is 10.5. The maximum Gasteiger partial charge on any atom is 0.269 e. The molecule has 5 heteroatoms. The van der Waals surface area contributed by atoms with Crippen molar-refractivity contribution < 1.29 is 9.53 Å². The van der Waals surface area contributed by atoms with E-state index in [1.165, 1.54) is 0 Å². The second-order valence-corrected chi connectivity index (χ2v) is 5.95. The van der Waals surface area contributed by atoms with Crippen molar-refractivity contribution >= 4 is 17.3 Å². The maximum absolute atomic E-state index is 12.1. The van der Waals surface area contributed by atoms with Gasteiger partial charge in [0.25, 0.3) is 5.91 Å². The Labute approximate surface area is 143 Å². The van der Waals surface area contributed by atoms with Gasteiger partial charge in [-0.25, -0.2) is 0 Å². The number of nitrogens with zero attached hydrogens (tertiary/aromatic N) is 1. The number of hydrogen-bond acceptors (Lipinski definition) is 4. The molecule has 0 radical (unpaired) electrons. The molecule has 0 spiro atoms. The summed E-state index contributed by atoms with van der Waals surface area (Å²) in [6.07, 6.45) is 2.59. The Bertz CT molecular complexity index is 654. The summed E-state index contributed by atoms with van der Waals surface area (Å²) < 4.78 is 5.43. The third-order valence-electron chi connectivity index (χ3n) is 3.45. The van der Waals surface area contributed by atoms with Crippen LogP contribution in [0.4, 0.5) is 11.4 Å². The molecule has 0 unspecified atom stereocenters. The quantitative estimate of drug-likeness (QED) is 0.769. The minimum atomic E-state index is -0.147. The van der Waals surface area contributed by atoms with Gasteiger partial charge in [0.1, 0.15) is 11.4 Å². The maximum atomic E-state index is 12.1. The Balaban J connectivity index is 1.97. The minimum absolute atomic E-state index is 0.147. The predicted molar refractivity (Wildman–Crippen MR) is 96.9 cm³/mol. The summed E-state index contributed by atoms with van der Waals surface area (Å²) in [6.45, 7) is 7.52. The summed E-state index contributed by atoms with van der Waals surface area (Å²) in [4.78, 5) is 16.3. The van der Waals surface area contributed by atoms with Gasteiger partial charge in [-0.05, 0) is 55.7 Å². The summed E-state index contributed by atoms with van der Waals surface area (Å²) in [7, 11) is 0. The van der Waals surface area contributed by atoms with Crippen LogP contribution in [-0.2, 0) is 0 Å². The molecule has 0 saturated carbocycles. The van der Waals surface area contributed by atoms with Gasteiger partial charge in [-0.3, -0.25) is 9.78 Å². The van der Waals surface area contributed by atoms with Crippen LogP contribution in [0.1, 0.15) is 37.7 Å². The fourth-order valence-corrected chi connectivity index (χ4v) is 2.17. The van der Waals surface area contributed by atoms with E-state index >= 15 is 0 Å². The van der Waals surface area contributed by atoms with E-state index in [9.17, 15) is 4.79 Å². The third-order valence-corrected chi connectivity index (χ3v) is 3.45. The van der Waals surface area contributed by atoms with Crippen molar-refractivity contribution in [1.82, 2.24) is 10.3 Å². The number of ether oxygens (including phenoxy) is 1. The van der Waals surface area contributed by atoms with Crippen LogP contribution in [0.15, 0.2) is 42.6 Å². The fourth-order valence-electron chi connectivity index (χ4n) is 2.17. The van der Waals surface area contributed by atoms with E-state index < -0.39 is 0 Å². The summed E-state index contributed by atoms with van der Waals surface area (Å²) in [5, 5.41) is 6.16. The minimum Gasteiger partial charge on any atom is -0.494 e. The van der Waals surface area contributed by atoms with E-state index in [4.69, 9.17) is 4.74 Å². The highest BCUT2D eigenvalue weighted by atomic mass is 16.5. The Hall–Kier alpha value is -2.56. The van der Waals surface area contributed by atoms with Crippen LogP contribution in [0, 0.1) is 5.92 Å². The van der Waals surface area contributed by atoms with Crippen LogP contribution in [0.5, 0.6) is 5.75 Å². The molecule has 0 aliphatic carbocycles. The highest BCUT2D eigenvalue weighted by molar-refractivity contribution is 5.93. The Morgan fingerprint density at radius 2 is 1.92 bits per heavy atom. The Kier molecular flexibility index (Phi) is 6.61. The molecule has 24 heavy (non-hydrogen) atoms. The van der Waals surface area contributed by atoms with Gasteiger partial charge in [-0.15, -0.1) is 0 Å². The van der Waals surface area contributed by atoms with Gasteiger partial charge in [0.2, 0.25) is 0 Å². The van der Waals surface area contributed by atoms with Crippen molar-refractivity contribution in [3.05, 3.63) is 48.3 Å². The standard InChI is InChI=1S/C19H25N3O2/c1-4-24-17-7-5-15(6-8-17)22-16-10-12-20-18(13-16)19(23)21-11-9-14(2)3/h5-8,10,12-14H,4,9,11H2,1-3H3,(H,20,22)(H,21,23). The van der Waals surface area contributed by atoms with Crippen molar-refractivity contribution in [2.24, 2.45) is 5.92 Å². The van der Waals surface area contributed by atoms with Gasteiger partial charge in [-0.1, -0.05) is 13.8 Å². The molecule has 0 saturated heterocycles. The number of aromatic nitrogens is 1. The van der Waals surface area contributed by atoms with Crippen LogP contribution in [-0.4, -0.2) is 24.0 Å². The zero-order valence-electron chi connectivity index (χ0n) is 14.5. The number of nitrogens with one attached hydrogen (secondary N) is 2. The Morgan fingerprint density at radius 3 is 2.58 bits per heavy atom. The highest BCUT2D eigenvalue weighted by Gasteiger charge is 2.08. The van der Waals surface area contributed by atoms with Gasteiger partial charge in [0.05, 0.1) is 6.61 Å². The first-order valence-corrected chi connectivity index (χ1v) is 8.32. The SMILES string of the molecule is CCOc1ccc(Nc2ccnc(C(=O)NCCC(C)C)c2)cc1. The van der Waals surface area contributed by atoms with Crippen LogP contribution in [0.2, 0.25) is 0 Å². The van der Waals surface area contributed by atoms with Crippen molar-refractivity contribution in [3.8, 4) is 5.75 Å². The number of anilines is 2. The zero-order chi connectivity index (χ0) is 17.4. The lowest BCUT2D eigenvalue weighted by Crippen LogP contribution is -2.26. The average Bonchev–Trinajstić information content (AvgIpc) is 2.57. The molecule has 1 heterocycles. The fraction of sp³-hybridized carbons (Fsp3) is 0.368. The predicted octanol–water partition coefficient (Wildman–Crippen LogP) is 4.00. The molecule has 0 fully saturated rings. The van der Waals surface area contributed by atoms with E-state index in [1.807, 2.05) is 37.3 Å². The molecule has 0 bridgehead atoms. The van der Waals surface area contributed by atoms with E-state index in [2.05, 4.69) is 29.5 Å². The molecule has 2 N–H and O–H groups in total. The lowest BCUT2D eigenvalue weighted by molar-refractivity contribution is 0.0947. The molecule has 2 aromatic rings.